The molecule has 0 spiro atoms. The molecule has 4 nitrogen and oxygen atoms in total. The molecule has 4 heteroatoms. The number of carbonyl (C=O) groups is 2. The molecule has 0 fully saturated rings. The highest BCUT2D eigenvalue weighted by molar-refractivity contribution is 5.83. The van der Waals surface area contributed by atoms with Crippen LogP contribution in [0.3, 0.4) is 0 Å². The molecule has 0 rings (SSSR count). The molecule has 0 aliphatic rings. The molecule has 0 saturated heterocycles. The number of carboxylic acid groups (broad SMARTS) is 1. The van der Waals surface area contributed by atoms with Crippen molar-refractivity contribution in [3.05, 3.63) is 0 Å². The average molecular weight is 215 g/mol. The first kappa shape index (κ1) is 13.9. The summed E-state index contributed by atoms with van der Waals surface area (Å²) in [6.07, 6.45) is 1.68. The zero-order valence-corrected chi connectivity index (χ0v) is 9.99. The van der Waals surface area contributed by atoms with E-state index in [2.05, 4.69) is 0 Å². The molecule has 88 valence electrons. The van der Waals surface area contributed by atoms with Crippen LogP contribution in [-0.4, -0.2) is 35.0 Å². The first-order valence-electron chi connectivity index (χ1n) is 5.38. The second-order valence-electron chi connectivity index (χ2n) is 4.20. The Labute approximate surface area is 91.3 Å². The molecule has 0 radical (unpaired) electrons. The summed E-state index contributed by atoms with van der Waals surface area (Å²) in [6, 6.07) is -0.690. The fraction of sp³-hybridized carbons (Fsp3) is 0.818. The van der Waals surface area contributed by atoms with E-state index in [1.54, 1.807) is 14.0 Å². The molecule has 15 heavy (non-hydrogen) atoms. The average Bonchev–Trinajstić information content (AvgIpc) is 2.14. The maximum Gasteiger partial charge on any atom is 0.326 e. The number of hydrogen-bond acceptors (Lipinski definition) is 2. The van der Waals surface area contributed by atoms with E-state index in [1.165, 1.54) is 4.90 Å². The van der Waals surface area contributed by atoms with Crippen molar-refractivity contribution in [2.45, 2.75) is 46.1 Å². The third kappa shape index (κ3) is 4.81. The van der Waals surface area contributed by atoms with Crippen LogP contribution >= 0.6 is 0 Å². The van der Waals surface area contributed by atoms with Gasteiger partial charge in [0.1, 0.15) is 6.04 Å². The number of aliphatic carboxylic acids is 1. The van der Waals surface area contributed by atoms with Crippen molar-refractivity contribution in [3.63, 3.8) is 0 Å². The van der Waals surface area contributed by atoms with Crippen molar-refractivity contribution < 1.29 is 14.7 Å². The zero-order chi connectivity index (χ0) is 12.0. The summed E-state index contributed by atoms with van der Waals surface area (Å²) in [5.74, 6) is -0.553. The van der Waals surface area contributed by atoms with Gasteiger partial charge in [-0.2, -0.15) is 0 Å². The van der Waals surface area contributed by atoms with Crippen LogP contribution in [0.2, 0.25) is 0 Å². The van der Waals surface area contributed by atoms with Crippen molar-refractivity contribution in [1.29, 1.82) is 0 Å². The molecule has 0 heterocycles. The Hall–Kier alpha value is -1.06. The second-order valence-corrected chi connectivity index (χ2v) is 4.20. The number of rotatable bonds is 6. The van der Waals surface area contributed by atoms with Gasteiger partial charge in [0.05, 0.1) is 0 Å². The fourth-order valence-electron chi connectivity index (χ4n) is 1.38. The predicted molar refractivity (Wildman–Crippen MR) is 58.6 cm³/mol. The molecule has 0 aromatic rings. The highest BCUT2D eigenvalue weighted by Gasteiger charge is 2.24. The predicted octanol–water partition coefficient (Wildman–Crippen LogP) is 1.74. The summed E-state index contributed by atoms with van der Waals surface area (Å²) < 4.78 is 0. The number of likely N-dealkylation sites (N-methyl/N-ethyl adjacent to an activating group) is 1. The minimum absolute atomic E-state index is 0.0852. The van der Waals surface area contributed by atoms with Gasteiger partial charge in [0, 0.05) is 13.5 Å². The number of carbonyl (C=O) groups excluding carboxylic acids is 1. The van der Waals surface area contributed by atoms with Crippen LogP contribution in [0.15, 0.2) is 0 Å². The lowest BCUT2D eigenvalue weighted by atomic mass is 10.1. The number of amides is 1. The fourth-order valence-corrected chi connectivity index (χ4v) is 1.38. The van der Waals surface area contributed by atoms with Gasteiger partial charge in [0.25, 0.3) is 0 Å². The summed E-state index contributed by atoms with van der Waals surface area (Å²) >= 11 is 0. The van der Waals surface area contributed by atoms with Gasteiger partial charge in [0.15, 0.2) is 0 Å². The van der Waals surface area contributed by atoms with E-state index in [1.807, 2.05) is 13.8 Å². The Morgan fingerprint density at radius 1 is 1.33 bits per heavy atom. The lowest BCUT2D eigenvalue weighted by molar-refractivity contribution is -0.149. The lowest BCUT2D eigenvalue weighted by Gasteiger charge is -2.24. The van der Waals surface area contributed by atoms with Gasteiger partial charge in [-0.3, -0.25) is 4.79 Å². The SMILES string of the molecule is CCC(C(=O)O)N(C)C(=O)CCC(C)C. The van der Waals surface area contributed by atoms with Crippen molar-refractivity contribution in [1.82, 2.24) is 4.90 Å². The standard InChI is InChI=1S/C11H21NO3/c1-5-9(11(14)15)12(4)10(13)7-6-8(2)3/h8-9H,5-7H2,1-4H3,(H,14,15). The quantitative estimate of drug-likeness (QED) is 0.734. The van der Waals surface area contributed by atoms with Crippen LogP contribution < -0.4 is 0 Å². The van der Waals surface area contributed by atoms with Crippen LogP contribution in [0.25, 0.3) is 0 Å². The van der Waals surface area contributed by atoms with Crippen molar-refractivity contribution in [3.8, 4) is 0 Å². The maximum absolute atomic E-state index is 11.6. The highest BCUT2D eigenvalue weighted by atomic mass is 16.4. The molecule has 0 aromatic heterocycles. The Balaban J connectivity index is 4.22. The molecule has 0 aliphatic heterocycles. The molecule has 1 amide bonds. The van der Waals surface area contributed by atoms with Gasteiger partial charge in [-0.15, -0.1) is 0 Å². The smallest absolute Gasteiger partial charge is 0.326 e. The van der Waals surface area contributed by atoms with Gasteiger partial charge in [-0.1, -0.05) is 20.8 Å². The van der Waals surface area contributed by atoms with E-state index < -0.39 is 12.0 Å². The number of nitrogens with zero attached hydrogens (tertiary/aromatic N) is 1. The summed E-state index contributed by atoms with van der Waals surface area (Å²) in [4.78, 5) is 23.8. The molecule has 0 aliphatic carbocycles. The van der Waals surface area contributed by atoms with Crippen LogP contribution in [0.5, 0.6) is 0 Å². The van der Waals surface area contributed by atoms with Gasteiger partial charge >= 0.3 is 5.97 Å². The van der Waals surface area contributed by atoms with Gasteiger partial charge < -0.3 is 10.0 Å². The van der Waals surface area contributed by atoms with E-state index in [4.69, 9.17) is 5.11 Å². The van der Waals surface area contributed by atoms with Crippen LogP contribution in [0.4, 0.5) is 0 Å². The molecular weight excluding hydrogens is 194 g/mol. The van der Waals surface area contributed by atoms with E-state index in [9.17, 15) is 9.59 Å². The van der Waals surface area contributed by atoms with E-state index in [0.717, 1.165) is 6.42 Å². The molecule has 1 unspecified atom stereocenters. The summed E-state index contributed by atoms with van der Waals surface area (Å²) in [7, 11) is 1.56. The molecule has 1 atom stereocenters. The van der Waals surface area contributed by atoms with Crippen LogP contribution in [-0.2, 0) is 9.59 Å². The van der Waals surface area contributed by atoms with Crippen molar-refractivity contribution >= 4 is 11.9 Å². The molecule has 0 aromatic carbocycles. The summed E-state index contributed by atoms with van der Waals surface area (Å²) in [5.41, 5.74) is 0. The van der Waals surface area contributed by atoms with E-state index >= 15 is 0 Å². The number of hydrogen-bond donors (Lipinski definition) is 1. The van der Waals surface area contributed by atoms with E-state index in [0.29, 0.717) is 18.8 Å². The topological polar surface area (TPSA) is 57.6 Å². The zero-order valence-electron chi connectivity index (χ0n) is 9.99. The Bertz CT molecular complexity index is 226. The third-order valence-electron chi connectivity index (χ3n) is 2.47. The minimum atomic E-state index is -0.933. The molecule has 0 bridgehead atoms. The number of carboxylic acids is 1. The summed E-state index contributed by atoms with van der Waals surface area (Å²) in [5, 5.41) is 8.88. The van der Waals surface area contributed by atoms with Crippen LogP contribution in [0.1, 0.15) is 40.0 Å². The molecule has 0 saturated carbocycles. The van der Waals surface area contributed by atoms with Crippen molar-refractivity contribution in [2.24, 2.45) is 5.92 Å². The van der Waals surface area contributed by atoms with Crippen molar-refractivity contribution in [2.75, 3.05) is 7.05 Å². The first-order chi connectivity index (χ1) is 6.90. The molecular formula is C11H21NO3. The maximum atomic E-state index is 11.6. The summed E-state index contributed by atoms with van der Waals surface area (Å²) in [6.45, 7) is 5.86. The van der Waals surface area contributed by atoms with Gasteiger partial charge in [0.2, 0.25) is 5.91 Å². The minimum Gasteiger partial charge on any atom is -0.480 e. The van der Waals surface area contributed by atoms with E-state index in [-0.39, 0.29) is 5.91 Å². The van der Waals surface area contributed by atoms with Gasteiger partial charge in [-0.25, -0.2) is 4.79 Å². The normalized spacial score (nSPS) is 12.6. The Morgan fingerprint density at radius 2 is 1.87 bits per heavy atom. The second kappa shape index (κ2) is 6.43. The lowest BCUT2D eigenvalue weighted by Crippen LogP contribution is -2.41. The third-order valence-corrected chi connectivity index (χ3v) is 2.47. The van der Waals surface area contributed by atoms with Gasteiger partial charge in [-0.05, 0) is 18.8 Å². The monoisotopic (exact) mass is 215 g/mol. The molecule has 1 N–H and O–H groups in total. The highest BCUT2D eigenvalue weighted by Crippen LogP contribution is 2.09. The van der Waals surface area contributed by atoms with Crippen LogP contribution in [0, 0.1) is 5.92 Å². The Morgan fingerprint density at radius 3 is 2.20 bits per heavy atom. The largest absolute Gasteiger partial charge is 0.480 e. The first-order valence-corrected chi connectivity index (χ1v) is 5.38. The Kier molecular flexibility index (Phi) is 5.97.